The van der Waals surface area contributed by atoms with Crippen molar-refractivity contribution in [2.45, 2.75) is 33.4 Å². The predicted octanol–water partition coefficient (Wildman–Crippen LogP) is 3.89. The zero-order chi connectivity index (χ0) is 14.7. The minimum atomic E-state index is 0.934. The van der Waals surface area contributed by atoms with E-state index in [0.29, 0.717) is 0 Å². The minimum Gasteiger partial charge on any atom is -0.347 e. The number of para-hydroxylation sites is 1. The molecule has 0 saturated carbocycles. The lowest BCUT2D eigenvalue weighted by Crippen LogP contribution is -2.16. The van der Waals surface area contributed by atoms with Gasteiger partial charge in [0.15, 0.2) is 0 Å². The van der Waals surface area contributed by atoms with Gasteiger partial charge in [0.25, 0.3) is 0 Å². The zero-order valence-electron chi connectivity index (χ0n) is 12.6. The van der Waals surface area contributed by atoms with Crippen molar-refractivity contribution < 1.29 is 0 Å². The average molecular weight is 299 g/mol. The highest BCUT2D eigenvalue weighted by molar-refractivity contribution is 7.11. The first-order valence-corrected chi connectivity index (χ1v) is 8.23. The first-order chi connectivity index (χ1) is 10.2. The molecule has 0 radical (unpaired) electrons. The third-order valence-electron chi connectivity index (χ3n) is 3.72. The number of hydrogen-bond donors (Lipinski definition) is 1. The van der Waals surface area contributed by atoms with Gasteiger partial charge in [0.05, 0.1) is 10.7 Å². The lowest BCUT2D eigenvalue weighted by molar-refractivity contribution is 0.592. The quantitative estimate of drug-likeness (QED) is 0.700. The molecule has 0 saturated heterocycles. The predicted molar refractivity (Wildman–Crippen MR) is 89.8 cm³/mol. The number of thiazole rings is 1. The fourth-order valence-corrected chi connectivity index (χ4v) is 3.56. The van der Waals surface area contributed by atoms with Crippen LogP contribution in [0.4, 0.5) is 0 Å². The zero-order valence-corrected chi connectivity index (χ0v) is 13.4. The van der Waals surface area contributed by atoms with E-state index in [9.17, 15) is 0 Å². The molecule has 0 aliphatic carbocycles. The van der Waals surface area contributed by atoms with Crippen molar-refractivity contribution >= 4 is 22.2 Å². The van der Waals surface area contributed by atoms with Gasteiger partial charge >= 0.3 is 0 Å². The maximum absolute atomic E-state index is 4.46. The lowest BCUT2D eigenvalue weighted by Gasteiger charge is -2.06. The molecule has 1 aromatic carbocycles. The molecule has 1 N–H and O–H groups in total. The monoisotopic (exact) mass is 299 g/mol. The summed E-state index contributed by atoms with van der Waals surface area (Å²) in [6.07, 6.45) is 3.32. The number of aryl methyl sites for hydroxylation is 3. The van der Waals surface area contributed by atoms with E-state index < -0.39 is 0 Å². The normalized spacial score (nSPS) is 11.3. The second kappa shape index (κ2) is 6.41. The van der Waals surface area contributed by atoms with E-state index in [1.807, 2.05) is 0 Å². The van der Waals surface area contributed by atoms with Crippen LogP contribution in [0, 0.1) is 13.8 Å². The lowest BCUT2D eigenvalue weighted by atomic mass is 10.2. The highest BCUT2D eigenvalue weighted by Gasteiger charge is 2.04. The van der Waals surface area contributed by atoms with E-state index in [2.05, 4.69) is 65.2 Å². The number of aromatic nitrogens is 2. The Morgan fingerprint density at radius 1 is 1.19 bits per heavy atom. The van der Waals surface area contributed by atoms with Gasteiger partial charge in [-0.3, -0.25) is 0 Å². The molecule has 4 heteroatoms. The molecule has 0 atom stereocenters. The summed E-state index contributed by atoms with van der Waals surface area (Å²) in [6.45, 7) is 7.18. The van der Waals surface area contributed by atoms with E-state index in [0.717, 1.165) is 31.1 Å². The minimum absolute atomic E-state index is 0.934. The van der Waals surface area contributed by atoms with Crippen LogP contribution in [-0.4, -0.2) is 16.1 Å². The molecule has 3 nitrogen and oxygen atoms in total. The molecule has 0 aliphatic heterocycles. The van der Waals surface area contributed by atoms with Gasteiger partial charge in [-0.15, -0.1) is 11.3 Å². The van der Waals surface area contributed by atoms with Gasteiger partial charge < -0.3 is 9.88 Å². The summed E-state index contributed by atoms with van der Waals surface area (Å²) in [5.74, 6) is 0. The van der Waals surface area contributed by atoms with E-state index in [1.165, 1.54) is 21.5 Å². The molecular weight excluding hydrogens is 278 g/mol. The second-order valence-corrected chi connectivity index (χ2v) is 6.63. The van der Waals surface area contributed by atoms with Gasteiger partial charge in [-0.2, -0.15) is 0 Å². The maximum atomic E-state index is 4.46. The fraction of sp³-hybridized carbons (Fsp3) is 0.353. The van der Waals surface area contributed by atoms with Crippen LogP contribution in [0.3, 0.4) is 0 Å². The molecule has 0 unspecified atom stereocenters. The number of nitrogens with zero attached hydrogens (tertiary/aromatic N) is 2. The Kier molecular flexibility index (Phi) is 4.36. The molecule has 0 spiro atoms. The molecule has 0 amide bonds. The molecule has 3 rings (SSSR count). The molecule has 3 aromatic rings. The van der Waals surface area contributed by atoms with Crippen LogP contribution in [0.15, 0.2) is 36.5 Å². The smallest absolute Gasteiger partial charge is 0.0900 e. The number of rotatable bonds is 6. The first-order valence-electron chi connectivity index (χ1n) is 7.41. The highest BCUT2D eigenvalue weighted by atomic mass is 32.1. The molecular formula is C17H21N3S. The second-order valence-electron chi connectivity index (χ2n) is 5.34. The van der Waals surface area contributed by atoms with Crippen molar-refractivity contribution in [2.24, 2.45) is 0 Å². The molecule has 0 fully saturated rings. The van der Waals surface area contributed by atoms with Gasteiger partial charge in [-0.1, -0.05) is 18.2 Å². The summed E-state index contributed by atoms with van der Waals surface area (Å²) in [6, 6.07) is 10.7. The SMILES string of the molecule is Cc1nc(C)c(CNCCCn2ccc3ccccc32)s1. The number of hydrogen-bond acceptors (Lipinski definition) is 3. The molecule has 2 heterocycles. The average Bonchev–Trinajstić information content (AvgIpc) is 3.02. The van der Waals surface area contributed by atoms with Crippen LogP contribution in [0.5, 0.6) is 0 Å². The number of nitrogens with one attached hydrogen (secondary N) is 1. The van der Waals surface area contributed by atoms with Gasteiger partial charge in [0.2, 0.25) is 0 Å². The van der Waals surface area contributed by atoms with E-state index in [1.54, 1.807) is 11.3 Å². The van der Waals surface area contributed by atoms with E-state index >= 15 is 0 Å². The molecule has 21 heavy (non-hydrogen) atoms. The number of fused-ring (bicyclic) bond motifs is 1. The van der Waals surface area contributed by atoms with Crippen molar-refractivity contribution in [2.75, 3.05) is 6.54 Å². The van der Waals surface area contributed by atoms with Crippen LogP contribution in [-0.2, 0) is 13.1 Å². The first kappa shape index (κ1) is 14.3. The summed E-state index contributed by atoms with van der Waals surface area (Å²) < 4.78 is 2.33. The van der Waals surface area contributed by atoms with Crippen LogP contribution >= 0.6 is 11.3 Å². The molecule has 0 bridgehead atoms. The van der Waals surface area contributed by atoms with Gasteiger partial charge in [0, 0.05) is 29.7 Å². The highest BCUT2D eigenvalue weighted by Crippen LogP contribution is 2.17. The summed E-state index contributed by atoms with van der Waals surface area (Å²) >= 11 is 1.79. The van der Waals surface area contributed by atoms with Crippen molar-refractivity contribution in [3.8, 4) is 0 Å². The van der Waals surface area contributed by atoms with Crippen molar-refractivity contribution in [1.29, 1.82) is 0 Å². The third kappa shape index (κ3) is 3.34. The van der Waals surface area contributed by atoms with Crippen molar-refractivity contribution in [3.05, 3.63) is 52.1 Å². The topological polar surface area (TPSA) is 29.9 Å². The Balaban J connectivity index is 1.47. The van der Waals surface area contributed by atoms with Gasteiger partial charge in [-0.05, 0) is 44.3 Å². The Hall–Kier alpha value is -1.65. The van der Waals surface area contributed by atoms with Crippen LogP contribution in [0.2, 0.25) is 0 Å². The van der Waals surface area contributed by atoms with Crippen molar-refractivity contribution in [3.63, 3.8) is 0 Å². The van der Waals surface area contributed by atoms with Crippen LogP contribution in [0.25, 0.3) is 10.9 Å². The Bertz CT molecular complexity index is 727. The maximum Gasteiger partial charge on any atom is 0.0900 e. The molecule has 2 aromatic heterocycles. The van der Waals surface area contributed by atoms with Gasteiger partial charge in [-0.25, -0.2) is 4.98 Å². The third-order valence-corrected chi connectivity index (χ3v) is 4.79. The van der Waals surface area contributed by atoms with Crippen LogP contribution in [0.1, 0.15) is 22.0 Å². The summed E-state index contributed by atoms with van der Waals surface area (Å²) in [4.78, 5) is 5.82. The summed E-state index contributed by atoms with van der Waals surface area (Å²) in [7, 11) is 0. The van der Waals surface area contributed by atoms with Crippen molar-refractivity contribution in [1.82, 2.24) is 14.9 Å². The molecule has 110 valence electrons. The van der Waals surface area contributed by atoms with E-state index in [-0.39, 0.29) is 0 Å². The Morgan fingerprint density at radius 3 is 2.86 bits per heavy atom. The number of benzene rings is 1. The fourth-order valence-electron chi connectivity index (χ4n) is 2.65. The van der Waals surface area contributed by atoms with Gasteiger partial charge in [0.1, 0.15) is 0 Å². The van der Waals surface area contributed by atoms with E-state index in [4.69, 9.17) is 0 Å². The largest absolute Gasteiger partial charge is 0.347 e. The molecule has 0 aliphatic rings. The standard InChI is InChI=1S/C17H21N3S/c1-13-17(21-14(2)19-13)12-18-9-5-10-20-11-8-15-6-3-4-7-16(15)20/h3-4,6-8,11,18H,5,9-10,12H2,1-2H3. The van der Waals surface area contributed by atoms with Crippen LogP contribution < -0.4 is 5.32 Å². The Labute approximate surface area is 129 Å². The summed E-state index contributed by atoms with van der Waals surface area (Å²) in [5, 5.41) is 6.00. The summed E-state index contributed by atoms with van der Waals surface area (Å²) in [5.41, 5.74) is 2.49. The Morgan fingerprint density at radius 2 is 2.05 bits per heavy atom.